The molecule has 0 bridgehead atoms. The minimum Gasteiger partial charge on any atom is -0.380 e. The molecule has 1 spiro atoms. The standard InChI is InChI=1S/C10H9ClN2O2/c11-7-2-1-6-8(13-7)10(9(14)12-6)3-4-15-5-10/h1-2H,3-5H2,(H,12,14). The van der Waals surface area contributed by atoms with Crippen LogP contribution in [-0.2, 0) is 14.9 Å². The topological polar surface area (TPSA) is 51.2 Å². The van der Waals surface area contributed by atoms with Gasteiger partial charge in [0.15, 0.2) is 0 Å². The lowest BCUT2D eigenvalue weighted by atomic mass is 9.84. The third kappa shape index (κ3) is 1.12. The van der Waals surface area contributed by atoms with E-state index in [-0.39, 0.29) is 5.91 Å². The van der Waals surface area contributed by atoms with E-state index in [1.54, 1.807) is 12.1 Å². The van der Waals surface area contributed by atoms with Crippen molar-refractivity contribution in [1.82, 2.24) is 4.98 Å². The number of hydrogen-bond acceptors (Lipinski definition) is 3. The number of nitrogens with zero attached hydrogens (tertiary/aromatic N) is 1. The van der Waals surface area contributed by atoms with Crippen LogP contribution in [0.3, 0.4) is 0 Å². The lowest BCUT2D eigenvalue weighted by Gasteiger charge is -2.17. The first-order valence-corrected chi connectivity index (χ1v) is 5.16. The fraction of sp³-hybridized carbons (Fsp3) is 0.400. The van der Waals surface area contributed by atoms with Gasteiger partial charge in [-0.05, 0) is 18.6 Å². The maximum absolute atomic E-state index is 11.9. The molecule has 0 radical (unpaired) electrons. The molecule has 1 amide bonds. The zero-order valence-corrected chi connectivity index (χ0v) is 8.67. The average molecular weight is 225 g/mol. The number of halogens is 1. The second-order valence-electron chi connectivity index (χ2n) is 3.87. The van der Waals surface area contributed by atoms with Gasteiger partial charge in [-0.3, -0.25) is 4.79 Å². The first kappa shape index (κ1) is 9.12. The number of pyridine rings is 1. The molecule has 2 aliphatic rings. The molecule has 2 aliphatic heterocycles. The highest BCUT2D eigenvalue weighted by molar-refractivity contribution is 6.29. The number of amides is 1. The number of anilines is 1. The van der Waals surface area contributed by atoms with Crippen molar-refractivity contribution in [3.8, 4) is 0 Å². The van der Waals surface area contributed by atoms with E-state index in [0.717, 1.165) is 11.4 Å². The number of fused-ring (bicyclic) bond motifs is 2. The largest absolute Gasteiger partial charge is 0.380 e. The molecule has 1 N–H and O–H groups in total. The average Bonchev–Trinajstić information content (AvgIpc) is 2.78. The van der Waals surface area contributed by atoms with Gasteiger partial charge in [-0.25, -0.2) is 4.98 Å². The second-order valence-corrected chi connectivity index (χ2v) is 4.26. The van der Waals surface area contributed by atoms with Crippen LogP contribution >= 0.6 is 11.6 Å². The number of aromatic nitrogens is 1. The molecule has 1 fully saturated rings. The molecular formula is C10H9ClN2O2. The lowest BCUT2D eigenvalue weighted by molar-refractivity contribution is -0.120. The number of carbonyl (C=O) groups is 1. The van der Waals surface area contributed by atoms with Gasteiger partial charge in [0.25, 0.3) is 0 Å². The first-order valence-electron chi connectivity index (χ1n) is 4.79. The maximum atomic E-state index is 11.9. The van der Waals surface area contributed by atoms with E-state index in [9.17, 15) is 4.79 Å². The van der Waals surface area contributed by atoms with Crippen LogP contribution in [0.5, 0.6) is 0 Å². The molecule has 3 heterocycles. The molecule has 15 heavy (non-hydrogen) atoms. The molecule has 1 aromatic heterocycles. The van der Waals surface area contributed by atoms with Crippen LogP contribution in [0.2, 0.25) is 5.15 Å². The number of nitrogens with one attached hydrogen (secondary N) is 1. The Morgan fingerprint density at radius 1 is 1.53 bits per heavy atom. The van der Waals surface area contributed by atoms with Gasteiger partial charge in [0.1, 0.15) is 10.6 Å². The molecule has 1 atom stereocenters. The van der Waals surface area contributed by atoms with Gasteiger partial charge in [-0.15, -0.1) is 0 Å². The van der Waals surface area contributed by atoms with Crippen molar-refractivity contribution in [3.63, 3.8) is 0 Å². The molecule has 5 heteroatoms. The smallest absolute Gasteiger partial charge is 0.239 e. The Hall–Kier alpha value is -1.13. The van der Waals surface area contributed by atoms with E-state index in [2.05, 4.69) is 10.3 Å². The molecular weight excluding hydrogens is 216 g/mol. The van der Waals surface area contributed by atoms with E-state index in [1.165, 1.54) is 0 Å². The molecule has 1 saturated heterocycles. The summed E-state index contributed by atoms with van der Waals surface area (Å²) in [5.41, 5.74) is 0.896. The summed E-state index contributed by atoms with van der Waals surface area (Å²) in [5, 5.41) is 3.23. The summed E-state index contributed by atoms with van der Waals surface area (Å²) >= 11 is 5.84. The molecule has 0 aliphatic carbocycles. The van der Waals surface area contributed by atoms with Gasteiger partial charge in [0, 0.05) is 6.61 Å². The minimum absolute atomic E-state index is 0.0234. The molecule has 0 saturated carbocycles. The van der Waals surface area contributed by atoms with Crippen molar-refractivity contribution in [3.05, 3.63) is 23.0 Å². The van der Waals surface area contributed by atoms with E-state index in [1.807, 2.05) is 0 Å². The highest BCUT2D eigenvalue weighted by atomic mass is 35.5. The SMILES string of the molecule is O=C1Nc2ccc(Cl)nc2C12CCOC2. The second kappa shape index (κ2) is 2.93. The number of carbonyl (C=O) groups excluding carboxylic acids is 1. The van der Waals surface area contributed by atoms with Gasteiger partial charge in [0.2, 0.25) is 5.91 Å². The first-order chi connectivity index (χ1) is 7.22. The third-order valence-corrected chi connectivity index (χ3v) is 3.23. The maximum Gasteiger partial charge on any atom is 0.239 e. The zero-order chi connectivity index (χ0) is 10.5. The predicted molar refractivity (Wildman–Crippen MR) is 55.0 cm³/mol. The van der Waals surface area contributed by atoms with Gasteiger partial charge in [-0.1, -0.05) is 11.6 Å². The minimum atomic E-state index is -0.597. The van der Waals surface area contributed by atoms with Crippen molar-refractivity contribution in [1.29, 1.82) is 0 Å². The molecule has 4 nitrogen and oxygen atoms in total. The van der Waals surface area contributed by atoms with Crippen LogP contribution in [-0.4, -0.2) is 24.1 Å². The monoisotopic (exact) mass is 224 g/mol. The number of ether oxygens (including phenoxy) is 1. The molecule has 78 valence electrons. The Balaban J connectivity index is 2.19. The molecule has 1 unspecified atom stereocenters. The third-order valence-electron chi connectivity index (χ3n) is 3.02. The Labute approximate surface area is 91.6 Å². The van der Waals surface area contributed by atoms with Crippen LogP contribution in [0.25, 0.3) is 0 Å². The Morgan fingerprint density at radius 3 is 3.13 bits per heavy atom. The van der Waals surface area contributed by atoms with Crippen molar-refractivity contribution in [2.24, 2.45) is 0 Å². The fourth-order valence-corrected chi connectivity index (χ4v) is 2.33. The van der Waals surface area contributed by atoms with E-state index >= 15 is 0 Å². The van der Waals surface area contributed by atoms with E-state index in [4.69, 9.17) is 16.3 Å². The van der Waals surface area contributed by atoms with Gasteiger partial charge in [-0.2, -0.15) is 0 Å². The highest BCUT2D eigenvalue weighted by Gasteiger charge is 2.51. The zero-order valence-electron chi connectivity index (χ0n) is 7.92. The van der Waals surface area contributed by atoms with E-state index < -0.39 is 5.41 Å². The quantitative estimate of drug-likeness (QED) is 0.677. The van der Waals surface area contributed by atoms with Crippen molar-refractivity contribution < 1.29 is 9.53 Å². The Bertz CT molecular complexity index is 441. The van der Waals surface area contributed by atoms with Crippen molar-refractivity contribution in [2.75, 3.05) is 18.5 Å². The highest BCUT2D eigenvalue weighted by Crippen LogP contribution is 2.42. The summed E-state index contributed by atoms with van der Waals surface area (Å²) in [6, 6.07) is 3.46. The number of hydrogen-bond donors (Lipinski definition) is 1. The summed E-state index contributed by atoms with van der Waals surface area (Å²) in [4.78, 5) is 16.1. The van der Waals surface area contributed by atoms with E-state index in [0.29, 0.717) is 24.8 Å². The predicted octanol–water partition coefficient (Wildman–Crippen LogP) is 1.35. The molecule has 3 rings (SSSR count). The van der Waals surface area contributed by atoms with Gasteiger partial charge >= 0.3 is 0 Å². The van der Waals surface area contributed by atoms with Crippen molar-refractivity contribution in [2.45, 2.75) is 11.8 Å². The summed E-state index contributed by atoms with van der Waals surface area (Å²) in [7, 11) is 0. The summed E-state index contributed by atoms with van der Waals surface area (Å²) in [6.45, 7) is 1.00. The number of rotatable bonds is 0. The lowest BCUT2D eigenvalue weighted by Crippen LogP contribution is -2.35. The van der Waals surface area contributed by atoms with Crippen LogP contribution in [0, 0.1) is 0 Å². The van der Waals surface area contributed by atoms with Gasteiger partial charge in [0.05, 0.1) is 18.0 Å². The van der Waals surface area contributed by atoms with Crippen LogP contribution in [0.15, 0.2) is 12.1 Å². The van der Waals surface area contributed by atoms with Crippen LogP contribution < -0.4 is 5.32 Å². The van der Waals surface area contributed by atoms with Gasteiger partial charge < -0.3 is 10.1 Å². The van der Waals surface area contributed by atoms with Crippen LogP contribution in [0.4, 0.5) is 5.69 Å². The summed E-state index contributed by atoms with van der Waals surface area (Å²) in [6.07, 6.45) is 0.680. The van der Waals surface area contributed by atoms with Crippen LogP contribution in [0.1, 0.15) is 12.1 Å². The Morgan fingerprint density at radius 2 is 2.40 bits per heavy atom. The normalized spacial score (nSPS) is 28.2. The Kier molecular flexibility index (Phi) is 1.78. The molecule has 0 aromatic carbocycles. The van der Waals surface area contributed by atoms with Crippen molar-refractivity contribution >= 4 is 23.2 Å². The summed E-state index contributed by atoms with van der Waals surface area (Å²) < 4.78 is 5.31. The summed E-state index contributed by atoms with van der Waals surface area (Å²) in [5.74, 6) is -0.0234. The fourth-order valence-electron chi connectivity index (χ4n) is 2.18. The molecule has 1 aromatic rings.